The summed E-state index contributed by atoms with van der Waals surface area (Å²) in [5.74, 6) is 1.12. The molecule has 0 saturated heterocycles. The molecule has 5 nitrogen and oxygen atoms in total. The third-order valence-corrected chi connectivity index (χ3v) is 4.11. The molecule has 6 heteroatoms. The van der Waals surface area contributed by atoms with E-state index in [1.54, 1.807) is 25.3 Å². The van der Waals surface area contributed by atoms with Gasteiger partial charge in [-0.2, -0.15) is 0 Å². The number of hydrogen-bond donors (Lipinski definition) is 2. The van der Waals surface area contributed by atoms with Crippen LogP contribution in [0.3, 0.4) is 0 Å². The van der Waals surface area contributed by atoms with Crippen LogP contribution >= 0.6 is 0 Å². The minimum absolute atomic E-state index is 0.134. The van der Waals surface area contributed by atoms with E-state index in [4.69, 9.17) is 10.5 Å². The highest BCUT2D eigenvalue weighted by Crippen LogP contribution is 2.21. The summed E-state index contributed by atoms with van der Waals surface area (Å²) in [6, 6.07) is 5.16. The molecule has 0 atom stereocenters. The fourth-order valence-electron chi connectivity index (χ4n) is 1.59. The Balaban J connectivity index is 2.68. The van der Waals surface area contributed by atoms with Crippen LogP contribution in [0.25, 0.3) is 0 Å². The second kappa shape index (κ2) is 6.77. The van der Waals surface area contributed by atoms with Crippen molar-refractivity contribution < 1.29 is 13.2 Å². The van der Waals surface area contributed by atoms with Crippen molar-refractivity contribution in [2.45, 2.75) is 26.8 Å². The van der Waals surface area contributed by atoms with E-state index in [-0.39, 0.29) is 12.3 Å². The minimum Gasteiger partial charge on any atom is -0.496 e. The molecule has 1 aromatic carbocycles. The van der Waals surface area contributed by atoms with Crippen LogP contribution in [-0.4, -0.2) is 21.3 Å². The van der Waals surface area contributed by atoms with Crippen molar-refractivity contribution in [1.29, 1.82) is 0 Å². The molecule has 0 aliphatic heterocycles. The summed E-state index contributed by atoms with van der Waals surface area (Å²) >= 11 is 0. The maximum absolute atomic E-state index is 11.8. The van der Waals surface area contributed by atoms with Gasteiger partial charge in [0.25, 0.3) is 0 Å². The lowest BCUT2D eigenvalue weighted by Gasteiger charge is -2.11. The number of ether oxygens (including phenoxy) is 1. The second-order valence-corrected chi connectivity index (χ2v) is 6.82. The molecule has 0 amide bonds. The molecule has 1 aromatic rings. The number of sulfonamides is 1. The van der Waals surface area contributed by atoms with Gasteiger partial charge in [0.1, 0.15) is 5.75 Å². The normalized spacial score (nSPS) is 11.8. The fraction of sp³-hybridized carbons (Fsp3) is 0.538. The fourth-order valence-corrected chi connectivity index (χ4v) is 2.89. The summed E-state index contributed by atoms with van der Waals surface area (Å²) in [6.45, 7) is 4.18. The van der Waals surface area contributed by atoms with Gasteiger partial charge in [-0.15, -0.1) is 0 Å². The number of nitrogens with one attached hydrogen (secondary N) is 1. The molecule has 108 valence electrons. The Bertz CT molecular complexity index is 513. The van der Waals surface area contributed by atoms with Crippen molar-refractivity contribution in [2.75, 3.05) is 18.6 Å². The lowest BCUT2D eigenvalue weighted by atomic mass is 10.2. The number of nitrogen functional groups attached to an aromatic ring is 1. The predicted octanol–water partition coefficient (Wildman–Crippen LogP) is 1.74. The first-order chi connectivity index (χ1) is 8.84. The summed E-state index contributed by atoms with van der Waals surface area (Å²) in [6.07, 6.45) is 0.642. The van der Waals surface area contributed by atoms with Gasteiger partial charge in [-0.3, -0.25) is 0 Å². The van der Waals surface area contributed by atoms with Gasteiger partial charge in [-0.25, -0.2) is 13.1 Å². The quantitative estimate of drug-likeness (QED) is 0.748. The van der Waals surface area contributed by atoms with Crippen LogP contribution in [0.1, 0.15) is 25.8 Å². The molecule has 0 aromatic heterocycles. The Kier molecular flexibility index (Phi) is 5.62. The van der Waals surface area contributed by atoms with Crippen LogP contribution in [0.2, 0.25) is 0 Å². The van der Waals surface area contributed by atoms with Crippen molar-refractivity contribution in [3.63, 3.8) is 0 Å². The molecule has 0 saturated carbocycles. The van der Waals surface area contributed by atoms with Gasteiger partial charge < -0.3 is 10.5 Å². The van der Waals surface area contributed by atoms with E-state index < -0.39 is 10.0 Å². The van der Waals surface area contributed by atoms with Crippen molar-refractivity contribution in [2.24, 2.45) is 5.92 Å². The van der Waals surface area contributed by atoms with Crippen LogP contribution in [0.5, 0.6) is 5.75 Å². The summed E-state index contributed by atoms with van der Waals surface area (Å²) in [5, 5.41) is 0. The number of nitrogens with two attached hydrogens (primary N) is 1. The van der Waals surface area contributed by atoms with Crippen molar-refractivity contribution in [1.82, 2.24) is 4.72 Å². The number of rotatable bonds is 7. The molecule has 0 unspecified atom stereocenters. The first-order valence-corrected chi connectivity index (χ1v) is 7.89. The molecule has 0 bridgehead atoms. The van der Waals surface area contributed by atoms with Crippen LogP contribution in [-0.2, 0) is 16.6 Å². The van der Waals surface area contributed by atoms with E-state index in [2.05, 4.69) is 4.72 Å². The van der Waals surface area contributed by atoms with Crippen LogP contribution < -0.4 is 15.2 Å². The Morgan fingerprint density at radius 3 is 2.63 bits per heavy atom. The summed E-state index contributed by atoms with van der Waals surface area (Å²) in [4.78, 5) is 0. The maximum Gasteiger partial charge on any atom is 0.211 e. The average molecular weight is 286 g/mol. The first kappa shape index (κ1) is 15.8. The standard InChI is InChI=1S/C13H22N2O3S/c1-10(2)6-7-19(16,17)15-9-11-8-12(14)4-5-13(11)18-3/h4-5,8,10,15H,6-7,9,14H2,1-3H3. The second-order valence-electron chi connectivity index (χ2n) is 4.89. The molecule has 1 rings (SSSR count). The van der Waals surface area contributed by atoms with E-state index in [9.17, 15) is 8.42 Å². The zero-order chi connectivity index (χ0) is 14.5. The Labute approximate surface area is 115 Å². The average Bonchev–Trinajstić information content (AvgIpc) is 2.34. The van der Waals surface area contributed by atoms with E-state index in [1.165, 1.54) is 0 Å². The Morgan fingerprint density at radius 1 is 1.37 bits per heavy atom. The van der Waals surface area contributed by atoms with Crippen LogP contribution in [0.4, 0.5) is 5.69 Å². The van der Waals surface area contributed by atoms with Crippen LogP contribution in [0, 0.1) is 5.92 Å². The molecule has 0 radical (unpaired) electrons. The monoisotopic (exact) mass is 286 g/mol. The zero-order valence-corrected chi connectivity index (χ0v) is 12.5. The number of benzene rings is 1. The molecule has 0 fully saturated rings. The molecule has 0 heterocycles. The molecule has 19 heavy (non-hydrogen) atoms. The zero-order valence-electron chi connectivity index (χ0n) is 11.6. The molecular weight excluding hydrogens is 264 g/mol. The molecular formula is C13H22N2O3S. The van der Waals surface area contributed by atoms with E-state index in [1.807, 2.05) is 13.8 Å². The summed E-state index contributed by atoms with van der Waals surface area (Å²) < 4.78 is 31.4. The highest BCUT2D eigenvalue weighted by atomic mass is 32.2. The summed E-state index contributed by atoms with van der Waals surface area (Å²) in [7, 11) is -1.72. The third-order valence-electron chi connectivity index (χ3n) is 2.75. The SMILES string of the molecule is COc1ccc(N)cc1CNS(=O)(=O)CCC(C)C. The van der Waals surface area contributed by atoms with E-state index in [0.29, 0.717) is 23.8 Å². The number of anilines is 1. The van der Waals surface area contributed by atoms with Crippen molar-refractivity contribution >= 4 is 15.7 Å². The van der Waals surface area contributed by atoms with Crippen molar-refractivity contribution in [3.05, 3.63) is 23.8 Å². The molecule has 3 N–H and O–H groups in total. The van der Waals surface area contributed by atoms with Gasteiger partial charge in [0, 0.05) is 17.8 Å². The van der Waals surface area contributed by atoms with E-state index in [0.717, 1.165) is 5.56 Å². The summed E-state index contributed by atoms with van der Waals surface area (Å²) in [5.41, 5.74) is 7.00. The number of methoxy groups -OCH3 is 1. The van der Waals surface area contributed by atoms with Gasteiger partial charge in [-0.1, -0.05) is 13.8 Å². The Morgan fingerprint density at radius 2 is 2.05 bits per heavy atom. The largest absolute Gasteiger partial charge is 0.496 e. The highest BCUT2D eigenvalue weighted by Gasteiger charge is 2.12. The van der Waals surface area contributed by atoms with Gasteiger partial charge in [0.05, 0.1) is 12.9 Å². The molecule has 0 spiro atoms. The van der Waals surface area contributed by atoms with E-state index >= 15 is 0 Å². The topological polar surface area (TPSA) is 81.4 Å². The Hall–Kier alpha value is -1.27. The first-order valence-electron chi connectivity index (χ1n) is 6.24. The van der Waals surface area contributed by atoms with Gasteiger partial charge in [-0.05, 0) is 30.5 Å². The number of hydrogen-bond acceptors (Lipinski definition) is 4. The highest BCUT2D eigenvalue weighted by molar-refractivity contribution is 7.89. The van der Waals surface area contributed by atoms with Crippen LogP contribution in [0.15, 0.2) is 18.2 Å². The van der Waals surface area contributed by atoms with Gasteiger partial charge >= 0.3 is 0 Å². The maximum atomic E-state index is 11.8. The minimum atomic E-state index is -3.26. The predicted molar refractivity (Wildman–Crippen MR) is 77.5 cm³/mol. The van der Waals surface area contributed by atoms with Gasteiger partial charge in [0.2, 0.25) is 10.0 Å². The third kappa shape index (κ3) is 5.48. The molecule has 0 aliphatic carbocycles. The lowest BCUT2D eigenvalue weighted by molar-refractivity contribution is 0.409. The van der Waals surface area contributed by atoms with Crippen molar-refractivity contribution in [3.8, 4) is 5.75 Å². The lowest BCUT2D eigenvalue weighted by Crippen LogP contribution is -2.26. The smallest absolute Gasteiger partial charge is 0.211 e. The van der Waals surface area contributed by atoms with Gasteiger partial charge in [0.15, 0.2) is 0 Å². The molecule has 0 aliphatic rings.